The third-order valence-electron chi connectivity index (χ3n) is 3.91. The van der Waals surface area contributed by atoms with Crippen molar-refractivity contribution in [3.8, 4) is 5.88 Å². The van der Waals surface area contributed by atoms with E-state index < -0.39 is 0 Å². The van der Waals surface area contributed by atoms with Crippen molar-refractivity contribution in [1.29, 1.82) is 0 Å². The highest BCUT2D eigenvalue weighted by Crippen LogP contribution is 2.37. The standard InChI is InChI=1S/C14H20BrClN2O/c1-8(2)10-5-4-9(3)6-12(10)19-13-11(15)7-17-14(16)18-13/h7-10,12H,4-6H2,1-3H3. The summed E-state index contributed by atoms with van der Waals surface area (Å²) in [6, 6.07) is 0. The molecular formula is C14H20BrClN2O. The van der Waals surface area contributed by atoms with Gasteiger partial charge in [0.15, 0.2) is 0 Å². The van der Waals surface area contributed by atoms with Crippen molar-refractivity contribution in [1.82, 2.24) is 9.97 Å². The normalized spacial score (nSPS) is 27.6. The molecule has 3 atom stereocenters. The lowest BCUT2D eigenvalue weighted by Crippen LogP contribution is -2.36. The highest BCUT2D eigenvalue weighted by molar-refractivity contribution is 9.10. The molecule has 0 spiro atoms. The number of rotatable bonds is 3. The lowest BCUT2D eigenvalue weighted by Gasteiger charge is -2.37. The molecule has 1 aromatic rings. The van der Waals surface area contributed by atoms with E-state index in [2.05, 4.69) is 46.7 Å². The molecule has 0 saturated heterocycles. The SMILES string of the molecule is CC1CCC(C(C)C)C(Oc2nc(Cl)ncc2Br)C1. The second-order valence-electron chi connectivity index (χ2n) is 5.77. The zero-order chi connectivity index (χ0) is 14.0. The zero-order valence-corrected chi connectivity index (χ0v) is 13.9. The minimum atomic E-state index is 0.214. The maximum atomic E-state index is 6.13. The second-order valence-corrected chi connectivity index (χ2v) is 6.97. The third kappa shape index (κ3) is 3.82. The minimum Gasteiger partial charge on any atom is -0.473 e. The van der Waals surface area contributed by atoms with Crippen LogP contribution in [-0.2, 0) is 0 Å². The molecule has 2 rings (SSSR count). The molecule has 1 aromatic heterocycles. The summed E-state index contributed by atoms with van der Waals surface area (Å²) in [7, 11) is 0. The molecule has 5 heteroatoms. The van der Waals surface area contributed by atoms with Crippen LogP contribution in [0.5, 0.6) is 5.88 Å². The van der Waals surface area contributed by atoms with Crippen LogP contribution in [0.1, 0.15) is 40.0 Å². The van der Waals surface area contributed by atoms with Gasteiger partial charge in [0, 0.05) is 6.20 Å². The van der Waals surface area contributed by atoms with Crippen molar-refractivity contribution in [2.24, 2.45) is 17.8 Å². The molecule has 0 aliphatic heterocycles. The van der Waals surface area contributed by atoms with Crippen LogP contribution in [0.3, 0.4) is 0 Å². The molecule has 1 saturated carbocycles. The Kier molecular flexibility index (Phi) is 5.07. The van der Waals surface area contributed by atoms with Gasteiger partial charge >= 0.3 is 0 Å². The van der Waals surface area contributed by atoms with Gasteiger partial charge in [0.05, 0.1) is 4.47 Å². The molecule has 0 aromatic carbocycles. The summed E-state index contributed by atoms with van der Waals surface area (Å²) >= 11 is 9.26. The van der Waals surface area contributed by atoms with Crippen LogP contribution >= 0.6 is 27.5 Å². The molecule has 1 aliphatic rings. The molecule has 0 N–H and O–H groups in total. The highest BCUT2D eigenvalue weighted by atomic mass is 79.9. The number of nitrogens with zero attached hydrogens (tertiary/aromatic N) is 2. The molecule has 1 aliphatic carbocycles. The molecule has 3 nitrogen and oxygen atoms in total. The smallest absolute Gasteiger partial charge is 0.232 e. The first-order chi connectivity index (χ1) is 8.97. The van der Waals surface area contributed by atoms with Gasteiger partial charge in [-0.2, -0.15) is 4.98 Å². The topological polar surface area (TPSA) is 35.0 Å². The van der Waals surface area contributed by atoms with E-state index in [1.807, 2.05) is 0 Å². The van der Waals surface area contributed by atoms with Crippen LogP contribution in [-0.4, -0.2) is 16.1 Å². The quantitative estimate of drug-likeness (QED) is 0.741. The average molecular weight is 348 g/mol. The van der Waals surface area contributed by atoms with E-state index in [9.17, 15) is 0 Å². The number of aromatic nitrogens is 2. The summed E-state index contributed by atoms with van der Waals surface area (Å²) in [5.74, 6) is 2.46. The summed E-state index contributed by atoms with van der Waals surface area (Å²) in [6.07, 6.45) is 5.44. The predicted octanol–water partition coefficient (Wildman–Crippen LogP) is 4.73. The van der Waals surface area contributed by atoms with Gasteiger partial charge in [0.1, 0.15) is 6.10 Å². The van der Waals surface area contributed by atoms with E-state index in [1.165, 1.54) is 12.8 Å². The molecular weight excluding hydrogens is 328 g/mol. The first-order valence-corrected chi connectivity index (χ1v) is 7.99. The number of hydrogen-bond donors (Lipinski definition) is 0. The van der Waals surface area contributed by atoms with Crippen molar-refractivity contribution < 1.29 is 4.74 Å². The molecule has 1 heterocycles. The molecule has 0 radical (unpaired) electrons. The van der Waals surface area contributed by atoms with Gasteiger partial charge in [-0.1, -0.05) is 27.2 Å². The average Bonchev–Trinajstić information content (AvgIpc) is 2.33. The fourth-order valence-corrected chi connectivity index (χ4v) is 3.22. The van der Waals surface area contributed by atoms with Crippen LogP contribution in [0.15, 0.2) is 10.7 Å². The van der Waals surface area contributed by atoms with Crippen molar-refractivity contribution >= 4 is 27.5 Å². The number of hydrogen-bond acceptors (Lipinski definition) is 3. The van der Waals surface area contributed by atoms with Crippen molar-refractivity contribution in [3.63, 3.8) is 0 Å². The molecule has 3 unspecified atom stereocenters. The lowest BCUT2D eigenvalue weighted by atomic mass is 9.75. The van der Waals surface area contributed by atoms with Gasteiger partial charge in [-0.3, -0.25) is 0 Å². The minimum absolute atomic E-state index is 0.214. The zero-order valence-electron chi connectivity index (χ0n) is 11.6. The Hall–Kier alpha value is -0.350. The molecule has 106 valence electrons. The molecule has 0 amide bonds. The Balaban J connectivity index is 2.16. The second kappa shape index (κ2) is 6.40. The van der Waals surface area contributed by atoms with E-state index in [-0.39, 0.29) is 11.4 Å². The Bertz CT molecular complexity index is 441. The van der Waals surface area contributed by atoms with Crippen LogP contribution in [0.2, 0.25) is 5.28 Å². The maximum Gasteiger partial charge on any atom is 0.232 e. The van der Waals surface area contributed by atoms with E-state index in [1.54, 1.807) is 6.20 Å². The number of ether oxygens (including phenoxy) is 1. The van der Waals surface area contributed by atoms with Gasteiger partial charge in [-0.25, -0.2) is 4.98 Å². The Morgan fingerprint density at radius 3 is 2.84 bits per heavy atom. The summed E-state index contributed by atoms with van der Waals surface area (Å²) in [4.78, 5) is 8.10. The van der Waals surface area contributed by atoms with Crippen LogP contribution in [0.4, 0.5) is 0 Å². The van der Waals surface area contributed by atoms with Crippen LogP contribution < -0.4 is 4.74 Å². The van der Waals surface area contributed by atoms with Gasteiger partial charge in [-0.15, -0.1) is 0 Å². The largest absolute Gasteiger partial charge is 0.473 e. The van der Waals surface area contributed by atoms with Crippen molar-refractivity contribution in [2.75, 3.05) is 0 Å². The van der Waals surface area contributed by atoms with Crippen molar-refractivity contribution in [3.05, 3.63) is 16.0 Å². The first kappa shape index (κ1) is 15.0. The summed E-state index contributed by atoms with van der Waals surface area (Å²) in [6.45, 7) is 6.81. The fourth-order valence-electron chi connectivity index (χ4n) is 2.81. The predicted molar refractivity (Wildman–Crippen MR) is 80.5 cm³/mol. The Morgan fingerprint density at radius 1 is 1.42 bits per heavy atom. The van der Waals surface area contributed by atoms with Gasteiger partial charge < -0.3 is 4.74 Å². The van der Waals surface area contributed by atoms with Crippen LogP contribution in [0.25, 0.3) is 0 Å². The van der Waals surface area contributed by atoms with Crippen molar-refractivity contribution in [2.45, 2.75) is 46.1 Å². The maximum absolute atomic E-state index is 6.13. The van der Waals surface area contributed by atoms with Gasteiger partial charge in [0.25, 0.3) is 0 Å². The Labute approximate surface area is 128 Å². The summed E-state index contributed by atoms with van der Waals surface area (Å²) < 4.78 is 6.89. The molecule has 0 bridgehead atoms. The molecule has 19 heavy (non-hydrogen) atoms. The van der Waals surface area contributed by atoms with Gasteiger partial charge in [-0.05, 0) is 58.1 Å². The fraction of sp³-hybridized carbons (Fsp3) is 0.714. The van der Waals surface area contributed by atoms with E-state index in [4.69, 9.17) is 16.3 Å². The van der Waals surface area contributed by atoms with E-state index >= 15 is 0 Å². The van der Waals surface area contributed by atoms with Gasteiger partial charge in [0.2, 0.25) is 11.2 Å². The summed E-state index contributed by atoms with van der Waals surface area (Å²) in [5, 5.41) is 0.225. The lowest BCUT2D eigenvalue weighted by molar-refractivity contribution is 0.0419. The van der Waals surface area contributed by atoms with E-state index in [0.29, 0.717) is 23.6 Å². The van der Waals surface area contributed by atoms with Crippen LogP contribution in [0, 0.1) is 17.8 Å². The summed E-state index contributed by atoms with van der Waals surface area (Å²) in [5.41, 5.74) is 0. The number of halogens is 2. The van der Waals surface area contributed by atoms with E-state index in [0.717, 1.165) is 10.9 Å². The molecule has 1 fully saturated rings. The highest BCUT2D eigenvalue weighted by Gasteiger charge is 2.32. The third-order valence-corrected chi connectivity index (χ3v) is 4.63. The monoisotopic (exact) mass is 346 g/mol. The Morgan fingerprint density at radius 2 is 2.16 bits per heavy atom. The first-order valence-electron chi connectivity index (χ1n) is 6.82.